The third-order valence-electron chi connectivity index (χ3n) is 4.08. The summed E-state index contributed by atoms with van der Waals surface area (Å²) in [6, 6.07) is 0. The molecule has 3 rings (SSSR count). The van der Waals surface area contributed by atoms with Crippen LogP contribution in [0.5, 0.6) is 0 Å². The van der Waals surface area contributed by atoms with Gasteiger partial charge in [0, 0.05) is 32.6 Å². The molecule has 0 aromatic heterocycles. The Morgan fingerprint density at radius 3 is 2.35 bits per heavy atom. The lowest BCUT2D eigenvalue weighted by Gasteiger charge is -2.36. The maximum atomic E-state index is 11.9. The zero-order valence-corrected chi connectivity index (χ0v) is 10.4. The zero-order valence-electron chi connectivity index (χ0n) is 10.4. The molecule has 2 aliphatic heterocycles. The molecule has 1 aliphatic carbocycles. The molecule has 0 aromatic rings. The molecule has 1 saturated carbocycles. The van der Waals surface area contributed by atoms with E-state index in [1.165, 1.54) is 12.8 Å². The molecule has 4 nitrogen and oxygen atoms in total. The van der Waals surface area contributed by atoms with E-state index in [1.807, 2.05) is 4.90 Å². The van der Waals surface area contributed by atoms with Crippen molar-refractivity contribution < 1.29 is 9.53 Å². The summed E-state index contributed by atoms with van der Waals surface area (Å²) in [5, 5.41) is 3.22. The summed E-state index contributed by atoms with van der Waals surface area (Å²) in [5.74, 6) is 1.08. The van der Waals surface area contributed by atoms with E-state index in [0.29, 0.717) is 24.0 Å². The Bertz CT molecular complexity index is 279. The van der Waals surface area contributed by atoms with Gasteiger partial charge in [-0.2, -0.15) is 0 Å². The molecule has 4 heteroatoms. The van der Waals surface area contributed by atoms with Crippen molar-refractivity contribution in [2.45, 2.75) is 44.3 Å². The molecule has 0 bridgehead atoms. The molecule has 2 heterocycles. The highest BCUT2D eigenvalue weighted by atomic mass is 16.5. The molecule has 0 radical (unpaired) electrons. The monoisotopic (exact) mass is 238 g/mol. The molecular formula is C13H22N2O2. The van der Waals surface area contributed by atoms with Gasteiger partial charge in [0.1, 0.15) is 0 Å². The van der Waals surface area contributed by atoms with Gasteiger partial charge in [0.25, 0.3) is 0 Å². The predicted octanol–water partition coefficient (Wildman–Crippen LogP) is 0.766. The van der Waals surface area contributed by atoms with Crippen LogP contribution in [0, 0.1) is 5.92 Å². The largest absolute Gasteiger partial charge is 0.372 e. The molecule has 17 heavy (non-hydrogen) atoms. The number of piperidine rings is 1. The molecule has 0 spiro atoms. The van der Waals surface area contributed by atoms with Crippen LogP contribution in [0.4, 0.5) is 0 Å². The Labute approximate surface area is 103 Å². The van der Waals surface area contributed by atoms with Gasteiger partial charge in [-0.05, 0) is 31.6 Å². The van der Waals surface area contributed by atoms with Crippen molar-refractivity contribution >= 4 is 5.91 Å². The van der Waals surface area contributed by atoms with Crippen LogP contribution in [0.15, 0.2) is 0 Å². The van der Waals surface area contributed by atoms with E-state index < -0.39 is 0 Å². The van der Waals surface area contributed by atoms with Gasteiger partial charge in [0.2, 0.25) is 5.91 Å². The minimum atomic E-state index is 0.372. The zero-order chi connectivity index (χ0) is 11.7. The highest BCUT2D eigenvalue weighted by Gasteiger charge is 2.30. The first-order valence-corrected chi connectivity index (χ1v) is 6.95. The SMILES string of the molecule is O=C(CC1CC1)N1CCC(OC2CNC2)CC1. The number of hydrogen-bond acceptors (Lipinski definition) is 3. The van der Waals surface area contributed by atoms with Crippen LogP contribution in [-0.2, 0) is 9.53 Å². The fourth-order valence-electron chi connectivity index (χ4n) is 2.57. The van der Waals surface area contributed by atoms with Crippen LogP contribution in [-0.4, -0.2) is 49.2 Å². The lowest BCUT2D eigenvalue weighted by atomic mass is 10.1. The molecule has 3 fully saturated rings. The first-order chi connectivity index (χ1) is 8.31. The Hall–Kier alpha value is -0.610. The molecule has 0 aromatic carbocycles. The topological polar surface area (TPSA) is 41.6 Å². The molecule has 3 aliphatic rings. The molecule has 2 saturated heterocycles. The standard InChI is InChI=1S/C13H22N2O2/c16-13(7-10-1-2-10)15-5-3-11(4-6-15)17-12-8-14-9-12/h10-12,14H,1-9H2. The van der Waals surface area contributed by atoms with Crippen molar-refractivity contribution in [3.63, 3.8) is 0 Å². The van der Waals surface area contributed by atoms with Crippen LogP contribution >= 0.6 is 0 Å². The van der Waals surface area contributed by atoms with E-state index in [4.69, 9.17) is 4.74 Å². The minimum absolute atomic E-state index is 0.372. The molecule has 1 amide bonds. The number of nitrogens with one attached hydrogen (secondary N) is 1. The van der Waals surface area contributed by atoms with Gasteiger partial charge >= 0.3 is 0 Å². The number of hydrogen-bond donors (Lipinski definition) is 1. The third-order valence-corrected chi connectivity index (χ3v) is 4.08. The van der Waals surface area contributed by atoms with Gasteiger partial charge in [-0.3, -0.25) is 4.79 Å². The number of ether oxygens (including phenoxy) is 1. The number of nitrogens with zero attached hydrogens (tertiary/aromatic N) is 1. The maximum Gasteiger partial charge on any atom is 0.222 e. The Morgan fingerprint density at radius 1 is 1.12 bits per heavy atom. The van der Waals surface area contributed by atoms with E-state index in [2.05, 4.69) is 5.32 Å². The van der Waals surface area contributed by atoms with Gasteiger partial charge in [-0.25, -0.2) is 0 Å². The third kappa shape index (κ3) is 2.99. The van der Waals surface area contributed by atoms with E-state index >= 15 is 0 Å². The van der Waals surface area contributed by atoms with Gasteiger partial charge in [-0.1, -0.05) is 0 Å². The molecule has 0 atom stereocenters. The fourth-order valence-corrected chi connectivity index (χ4v) is 2.57. The Balaban J connectivity index is 1.38. The van der Waals surface area contributed by atoms with Crippen molar-refractivity contribution in [1.29, 1.82) is 0 Å². The number of carbonyl (C=O) groups excluding carboxylic acids is 1. The van der Waals surface area contributed by atoms with Crippen molar-refractivity contribution in [2.24, 2.45) is 5.92 Å². The number of rotatable bonds is 4. The summed E-state index contributed by atoms with van der Waals surface area (Å²) in [7, 11) is 0. The molecule has 1 N–H and O–H groups in total. The van der Waals surface area contributed by atoms with Gasteiger partial charge in [0.05, 0.1) is 12.2 Å². The van der Waals surface area contributed by atoms with E-state index in [1.54, 1.807) is 0 Å². The Morgan fingerprint density at radius 2 is 1.82 bits per heavy atom. The second kappa shape index (κ2) is 4.94. The predicted molar refractivity (Wildman–Crippen MR) is 64.7 cm³/mol. The number of carbonyl (C=O) groups is 1. The van der Waals surface area contributed by atoms with Gasteiger partial charge in [-0.15, -0.1) is 0 Å². The summed E-state index contributed by atoms with van der Waals surface area (Å²) in [5.41, 5.74) is 0. The fraction of sp³-hybridized carbons (Fsp3) is 0.923. The van der Waals surface area contributed by atoms with E-state index in [-0.39, 0.29) is 0 Å². The van der Waals surface area contributed by atoms with E-state index in [0.717, 1.165) is 45.4 Å². The number of likely N-dealkylation sites (tertiary alicyclic amines) is 1. The summed E-state index contributed by atoms with van der Waals surface area (Å²) < 4.78 is 5.95. The lowest BCUT2D eigenvalue weighted by Crippen LogP contribution is -2.51. The highest BCUT2D eigenvalue weighted by Crippen LogP contribution is 2.33. The van der Waals surface area contributed by atoms with Crippen molar-refractivity contribution in [1.82, 2.24) is 10.2 Å². The molecule has 96 valence electrons. The van der Waals surface area contributed by atoms with Gasteiger partial charge in [0.15, 0.2) is 0 Å². The first-order valence-electron chi connectivity index (χ1n) is 6.95. The maximum absolute atomic E-state index is 11.9. The summed E-state index contributed by atoms with van der Waals surface area (Å²) in [4.78, 5) is 14.0. The van der Waals surface area contributed by atoms with Crippen LogP contribution in [0.3, 0.4) is 0 Å². The second-order valence-electron chi connectivity index (χ2n) is 5.64. The normalized spacial score (nSPS) is 26.9. The van der Waals surface area contributed by atoms with Crippen LogP contribution in [0.2, 0.25) is 0 Å². The molecular weight excluding hydrogens is 216 g/mol. The minimum Gasteiger partial charge on any atom is -0.372 e. The quantitative estimate of drug-likeness (QED) is 0.786. The van der Waals surface area contributed by atoms with Crippen molar-refractivity contribution in [3.8, 4) is 0 Å². The van der Waals surface area contributed by atoms with Gasteiger partial charge < -0.3 is 15.0 Å². The Kier molecular flexibility index (Phi) is 3.34. The van der Waals surface area contributed by atoms with Crippen LogP contribution < -0.4 is 5.32 Å². The first kappa shape index (κ1) is 11.5. The van der Waals surface area contributed by atoms with E-state index in [9.17, 15) is 4.79 Å². The van der Waals surface area contributed by atoms with Crippen molar-refractivity contribution in [2.75, 3.05) is 26.2 Å². The summed E-state index contributed by atoms with van der Waals surface area (Å²) in [6.45, 7) is 3.80. The summed E-state index contributed by atoms with van der Waals surface area (Å²) in [6.07, 6.45) is 6.17. The highest BCUT2D eigenvalue weighted by molar-refractivity contribution is 5.76. The molecule has 0 unspecified atom stereocenters. The lowest BCUT2D eigenvalue weighted by molar-refractivity contribution is -0.135. The summed E-state index contributed by atoms with van der Waals surface area (Å²) >= 11 is 0. The average Bonchev–Trinajstić information content (AvgIpc) is 3.08. The van der Waals surface area contributed by atoms with Crippen LogP contribution in [0.1, 0.15) is 32.1 Å². The number of amides is 1. The average molecular weight is 238 g/mol. The second-order valence-corrected chi connectivity index (χ2v) is 5.64. The van der Waals surface area contributed by atoms with Crippen LogP contribution in [0.25, 0.3) is 0 Å². The smallest absolute Gasteiger partial charge is 0.222 e. The van der Waals surface area contributed by atoms with Crippen molar-refractivity contribution in [3.05, 3.63) is 0 Å².